The summed E-state index contributed by atoms with van der Waals surface area (Å²) in [6, 6.07) is 15.2. The van der Waals surface area contributed by atoms with Crippen LogP contribution in [-0.4, -0.2) is 37.1 Å². The number of nitro groups is 1. The SMILES string of the molecule is COc1cc([C@@H]2[C@@H]3C(=O)N(c4cccc(F)c4)C(=O)[C@H]3ON2c2ccccc2)c([N+](=O)[O-])cc1OC. The Morgan fingerprint density at radius 2 is 1.58 bits per heavy atom. The Morgan fingerprint density at radius 3 is 2.22 bits per heavy atom. The fourth-order valence-electron chi connectivity index (χ4n) is 4.68. The lowest BCUT2D eigenvalue weighted by Crippen LogP contribution is -2.37. The molecule has 5 rings (SSSR count). The number of anilines is 2. The Hall–Kier alpha value is -4.51. The first-order chi connectivity index (χ1) is 17.3. The molecule has 2 aliphatic rings. The number of para-hydroxylation sites is 1. The highest BCUT2D eigenvalue weighted by molar-refractivity contribution is 6.24. The van der Waals surface area contributed by atoms with Crippen molar-refractivity contribution in [3.63, 3.8) is 0 Å². The van der Waals surface area contributed by atoms with Crippen molar-refractivity contribution in [2.75, 3.05) is 24.2 Å². The molecule has 0 N–H and O–H groups in total. The molecule has 10 nitrogen and oxygen atoms in total. The molecule has 3 aromatic rings. The van der Waals surface area contributed by atoms with Gasteiger partial charge in [-0.15, -0.1) is 0 Å². The number of benzene rings is 3. The van der Waals surface area contributed by atoms with E-state index < -0.39 is 40.6 Å². The third kappa shape index (κ3) is 3.60. The molecule has 2 aliphatic heterocycles. The maximum atomic E-state index is 13.9. The van der Waals surface area contributed by atoms with E-state index in [1.165, 1.54) is 49.6 Å². The van der Waals surface area contributed by atoms with Crippen LogP contribution in [0.15, 0.2) is 66.7 Å². The first-order valence-corrected chi connectivity index (χ1v) is 10.9. The van der Waals surface area contributed by atoms with Gasteiger partial charge in [-0.3, -0.25) is 24.5 Å². The number of amides is 2. The van der Waals surface area contributed by atoms with Crippen LogP contribution in [0.2, 0.25) is 0 Å². The Labute approximate surface area is 204 Å². The maximum absolute atomic E-state index is 13.9. The number of hydroxylamine groups is 1. The zero-order valence-electron chi connectivity index (χ0n) is 19.2. The molecule has 0 aliphatic carbocycles. The Bertz CT molecular complexity index is 1370. The normalized spacial score (nSPS) is 21.0. The molecule has 2 fully saturated rings. The van der Waals surface area contributed by atoms with Crippen molar-refractivity contribution >= 4 is 28.9 Å². The summed E-state index contributed by atoms with van der Waals surface area (Å²) in [6.07, 6.45) is -1.28. The van der Waals surface area contributed by atoms with E-state index in [1.54, 1.807) is 30.3 Å². The van der Waals surface area contributed by atoms with E-state index in [4.69, 9.17) is 14.3 Å². The highest BCUT2D eigenvalue weighted by Crippen LogP contribution is 2.51. The van der Waals surface area contributed by atoms with E-state index in [0.717, 1.165) is 11.0 Å². The molecule has 0 bridgehead atoms. The molecule has 0 aromatic heterocycles. The molecular formula is C25H20FN3O7. The van der Waals surface area contributed by atoms with E-state index in [0.29, 0.717) is 5.69 Å². The Balaban J connectivity index is 1.69. The van der Waals surface area contributed by atoms with Gasteiger partial charge in [-0.25, -0.2) is 14.4 Å². The lowest BCUT2D eigenvalue weighted by atomic mass is 9.89. The number of hydrogen-bond acceptors (Lipinski definition) is 8. The number of imide groups is 1. The van der Waals surface area contributed by atoms with Gasteiger partial charge < -0.3 is 9.47 Å². The molecule has 184 valence electrons. The summed E-state index contributed by atoms with van der Waals surface area (Å²) < 4.78 is 24.5. The van der Waals surface area contributed by atoms with Gasteiger partial charge in [-0.2, -0.15) is 0 Å². The summed E-state index contributed by atoms with van der Waals surface area (Å²) in [7, 11) is 2.73. The van der Waals surface area contributed by atoms with Gasteiger partial charge >= 0.3 is 0 Å². The summed E-state index contributed by atoms with van der Waals surface area (Å²) in [5.74, 6) is -2.80. The molecule has 3 atom stereocenters. The van der Waals surface area contributed by atoms with Crippen molar-refractivity contribution in [1.29, 1.82) is 0 Å². The molecule has 11 heteroatoms. The molecular weight excluding hydrogens is 473 g/mol. The number of fused-ring (bicyclic) bond motifs is 1. The van der Waals surface area contributed by atoms with Crippen LogP contribution in [-0.2, 0) is 14.4 Å². The minimum atomic E-state index is -1.28. The first kappa shape index (κ1) is 23.2. The third-order valence-corrected chi connectivity index (χ3v) is 6.24. The van der Waals surface area contributed by atoms with Crippen molar-refractivity contribution in [1.82, 2.24) is 0 Å². The predicted molar refractivity (Wildman–Crippen MR) is 125 cm³/mol. The van der Waals surface area contributed by atoms with Gasteiger partial charge in [0.05, 0.1) is 42.1 Å². The van der Waals surface area contributed by atoms with Gasteiger partial charge in [-0.05, 0) is 36.4 Å². The second-order valence-electron chi connectivity index (χ2n) is 8.17. The van der Waals surface area contributed by atoms with E-state index in [-0.39, 0.29) is 28.4 Å². The molecule has 36 heavy (non-hydrogen) atoms. The van der Waals surface area contributed by atoms with Gasteiger partial charge in [0.15, 0.2) is 17.6 Å². The van der Waals surface area contributed by atoms with Crippen LogP contribution in [0.4, 0.5) is 21.5 Å². The number of nitrogens with zero attached hydrogens (tertiary/aromatic N) is 3. The standard InChI is InChI=1S/C25H20FN3O7/c1-34-19-12-17(18(29(32)33)13-20(19)35-2)22-21-23(36-28(22)15-8-4-3-5-9-15)25(31)27(24(21)30)16-10-6-7-14(26)11-16/h3-13,21-23H,1-2H3/t21-,22+,23-/m0/s1. The molecule has 0 unspecified atom stereocenters. The number of halogens is 1. The van der Waals surface area contributed by atoms with E-state index >= 15 is 0 Å². The smallest absolute Gasteiger partial charge is 0.278 e. The minimum absolute atomic E-state index is 0.0508. The highest BCUT2D eigenvalue weighted by atomic mass is 19.1. The third-order valence-electron chi connectivity index (χ3n) is 6.24. The molecule has 0 radical (unpaired) electrons. The summed E-state index contributed by atoms with van der Waals surface area (Å²) in [5.41, 5.74) is 0.289. The lowest BCUT2D eigenvalue weighted by molar-refractivity contribution is -0.385. The molecule has 2 heterocycles. The largest absolute Gasteiger partial charge is 0.493 e. The van der Waals surface area contributed by atoms with Crippen LogP contribution >= 0.6 is 0 Å². The first-order valence-electron chi connectivity index (χ1n) is 10.9. The Morgan fingerprint density at radius 1 is 0.917 bits per heavy atom. The molecule has 0 saturated carbocycles. The fourth-order valence-corrected chi connectivity index (χ4v) is 4.68. The number of methoxy groups -OCH3 is 2. The van der Waals surface area contributed by atoms with Gasteiger partial charge in [0.2, 0.25) is 5.91 Å². The second-order valence-corrected chi connectivity index (χ2v) is 8.17. The van der Waals surface area contributed by atoms with Crippen molar-refractivity contribution in [3.8, 4) is 11.5 Å². The van der Waals surface area contributed by atoms with Crippen LogP contribution in [0.25, 0.3) is 0 Å². The summed E-state index contributed by atoms with van der Waals surface area (Å²) in [4.78, 5) is 45.4. The second kappa shape index (κ2) is 8.93. The zero-order chi connectivity index (χ0) is 25.6. The number of carbonyl (C=O) groups is 2. The summed E-state index contributed by atoms with van der Waals surface area (Å²) in [6.45, 7) is 0. The number of rotatable bonds is 6. The van der Waals surface area contributed by atoms with Crippen LogP contribution < -0.4 is 19.4 Å². The van der Waals surface area contributed by atoms with Gasteiger partial charge in [0.25, 0.3) is 11.6 Å². The Kier molecular flexibility index (Phi) is 5.77. The molecule has 3 aromatic carbocycles. The number of ether oxygens (including phenoxy) is 2. The topological polar surface area (TPSA) is 111 Å². The monoisotopic (exact) mass is 493 g/mol. The average molecular weight is 493 g/mol. The lowest BCUT2D eigenvalue weighted by Gasteiger charge is -2.29. The number of nitro benzene ring substituents is 1. The number of carbonyl (C=O) groups excluding carboxylic acids is 2. The summed E-state index contributed by atoms with van der Waals surface area (Å²) >= 11 is 0. The predicted octanol–water partition coefficient (Wildman–Crippen LogP) is 3.80. The molecule has 0 spiro atoms. The maximum Gasteiger partial charge on any atom is 0.278 e. The summed E-state index contributed by atoms with van der Waals surface area (Å²) in [5, 5.41) is 13.4. The van der Waals surface area contributed by atoms with Crippen LogP contribution in [0, 0.1) is 21.8 Å². The van der Waals surface area contributed by atoms with E-state index in [9.17, 15) is 24.1 Å². The quantitative estimate of drug-likeness (QED) is 0.290. The van der Waals surface area contributed by atoms with Gasteiger partial charge in [0.1, 0.15) is 17.8 Å². The molecule has 2 amide bonds. The van der Waals surface area contributed by atoms with E-state index in [2.05, 4.69) is 0 Å². The van der Waals surface area contributed by atoms with Crippen molar-refractivity contribution in [2.24, 2.45) is 5.92 Å². The average Bonchev–Trinajstić information content (AvgIpc) is 3.39. The van der Waals surface area contributed by atoms with E-state index in [1.807, 2.05) is 0 Å². The van der Waals surface area contributed by atoms with Gasteiger partial charge in [-0.1, -0.05) is 24.3 Å². The van der Waals surface area contributed by atoms with Crippen molar-refractivity contribution in [3.05, 3.63) is 88.2 Å². The minimum Gasteiger partial charge on any atom is -0.493 e. The van der Waals surface area contributed by atoms with Crippen molar-refractivity contribution in [2.45, 2.75) is 12.1 Å². The van der Waals surface area contributed by atoms with Crippen LogP contribution in [0.1, 0.15) is 11.6 Å². The van der Waals surface area contributed by atoms with Gasteiger partial charge in [0, 0.05) is 0 Å². The highest BCUT2D eigenvalue weighted by Gasteiger charge is 2.61. The number of hydrogen-bond donors (Lipinski definition) is 0. The molecule has 2 saturated heterocycles. The zero-order valence-corrected chi connectivity index (χ0v) is 19.2. The van der Waals surface area contributed by atoms with Crippen LogP contribution in [0.3, 0.4) is 0 Å². The fraction of sp³-hybridized carbons (Fsp3) is 0.200. The van der Waals surface area contributed by atoms with Crippen molar-refractivity contribution < 1.29 is 33.2 Å². The van der Waals surface area contributed by atoms with Crippen LogP contribution in [0.5, 0.6) is 11.5 Å².